The van der Waals surface area contributed by atoms with Crippen LogP contribution in [-0.4, -0.2) is 17.1 Å². The first kappa shape index (κ1) is 18.7. The smallest absolute Gasteiger partial charge is 0.229 e. The predicted octanol–water partition coefficient (Wildman–Crippen LogP) is 5.02. The molecule has 5 nitrogen and oxygen atoms in total. The molecular formula is C22H26N4O. The lowest BCUT2D eigenvalue weighted by Gasteiger charge is -2.15. The molecule has 0 aliphatic rings. The second-order valence-electron chi connectivity index (χ2n) is 6.47. The van der Waals surface area contributed by atoms with Gasteiger partial charge in [-0.25, -0.2) is 4.98 Å². The van der Waals surface area contributed by atoms with Gasteiger partial charge in [0.25, 0.3) is 0 Å². The normalized spacial score (nSPS) is 10.5. The number of nitrogens with zero attached hydrogens (tertiary/aromatic N) is 2. The van der Waals surface area contributed by atoms with Crippen LogP contribution in [0, 0.1) is 13.8 Å². The van der Waals surface area contributed by atoms with Gasteiger partial charge in [-0.1, -0.05) is 43.3 Å². The molecule has 0 atom stereocenters. The van der Waals surface area contributed by atoms with Gasteiger partial charge in [0, 0.05) is 29.6 Å². The van der Waals surface area contributed by atoms with Crippen molar-refractivity contribution in [3.8, 4) is 5.75 Å². The van der Waals surface area contributed by atoms with Crippen molar-refractivity contribution in [1.29, 1.82) is 0 Å². The fourth-order valence-corrected chi connectivity index (χ4v) is 3.06. The Labute approximate surface area is 160 Å². The SMILES string of the molecule is CCc1cccc(C)c1Nc1nc(C)cc(NCc2ccccc2OC)n1. The van der Waals surface area contributed by atoms with Crippen LogP contribution in [0.4, 0.5) is 17.5 Å². The average molecular weight is 362 g/mol. The number of hydrogen-bond donors (Lipinski definition) is 2. The third-order valence-electron chi connectivity index (χ3n) is 4.48. The third-order valence-corrected chi connectivity index (χ3v) is 4.48. The predicted molar refractivity (Wildman–Crippen MR) is 111 cm³/mol. The van der Waals surface area contributed by atoms with E-state index in [1.54, 1.807) is 7.11 Å². The van der Waals surface area contributed by atoms with E-state index in [-0.39, 0.29) is 0 Å². The zero-order valence-corrected chi connectivity index (χ0v) is 16.3. The molecule has 0 unspecified atom stereocenters. The van der Waals surface area contributed by atoms with Crippen LogP contribution in [-0.2, 0) is 13.0 Å². The van der Waals surface area contributed by atoms with E-state index in [9.17, 15) is 0 Å². The maximum Gasteiger partial charge on any atom is 0.229 e. The van der Waals surface area contributed by atoms with Gasteiger partial charge in [-0.05, 0) is 37.5 Å². The van der Waals surface area contributed by atoms with E-state index in [0.29, 0.717) is 12.5 Å². The van der Waals surface area contributed by atoms with Gasteiger partial charge in [0.1, 0.15) is 11.6 Å². The maximum atomic E-state index is 5.41. The van der Waals surface area contributed by atoms with Crippen LogP contribution in [0.2, 0.25) is 0 Å². The van der Waals surface area contributed by atoms with E-state index in [2.05, 4.69) is 52.6 Å². The molecule has 1 aromatic heterocycles. The first-order valence-corrected chi connectivity index (χ1v) is 9.17. The van der Waals surface area contributed by atoms with Crippen LogP contribution >= 0.6 is 0 Å². The van der Waals surface area contributed by atoms with Crippen molar-refractivity contribution in [1.82, 2.24) is 9.97 Å². The van der Waals surface area contributed by atoms with Gasteiger partial charge in [-0.3, -0.25) is 0 Å². The summed E-state index contributed by atoms with van der Waals surface area (Å²) in [6.45, 7) is 6.85. The highest BCUT2D eigenvalue weighted by Gasteiger charge is 2.09. The molecule has 0 fully saturated rings. The molecule has 0 aliphatic heterocycles. The molecule has 1 heterocycles. The van der Waals surface area contributed by atoms with Crippen molar-refractivity contribution < 1.29 is 4.74 Å². The lowest BCUT2D eigenvalue weighted by Crippen LogP contribution is -2.07. The Bertz CT molecular complexity index is 924. The monoisotopic (exact) mass is 362 g/mol. The summed E-state index contributed by atoms with van der Waals surface area (Å²) in [7, 11) is 1.68. The fraction of sp³-hybridized carbons (Fsp3) is 0.273. The molecule has 3 aromatic rings. The Balaban J connectivity index is 1.81. The van der Waals surface area contributed by atoms with Gasteiger partial charge in [-0.2, -0.15) is 4.98 Å². The number of benzene rings is 2. The van der Waals surface area contributed by atoms with Gasteiger partial charge in [0.2, 0.25) is 5.95 Å². The second kappa shape index (κ2) is 8.54. The third kappa shape index (κ3) is 4.56. The Morgan fingerprint density at radius 1 is 0.963 bits per heavy atom. The number of anilines is 3. The zero-order chi connectivity index (χ0) is 19.2. The van der Waals surface area contributed by atoms with Crippen molar-refractivity contribution in [2.24, 2.45) is 0 Å². The molecule has 2 aromatic carbocycles. The maximum absolute atomic E-state index is 5.41. The molecule has 0 saturated carbocycles. The van der Waals surface area contributed by atoms with Gasteiger partial charge >= 0.3 is 0 Å². The molecular weight excluding hydrogens is 336 g/mol. The Morgan fingerprint density at radius 3 is 2.52 bits per heavy atom. The summed E-state index contributed by atoms with van der Waals surface area (Å²) in [5.41, 5.74) is 5.51. The molecule has 0 spiro atoms. The number of aromatic nitrogens is 2. The number of para-hydroxylation sites is 2. The molecule has 0 bridgehead atoms. The van der Waals surface area contributed by atoms with Crippen LogP contribution in [0.5, 0.6) is 5.75 Å². The van der Waals surface area contributed by atoms with Gasteiger partial charge in [0.15, 0.2) is 0 Å². The van der Waals surface area contributed by atoms with E-state index in [0.717, 1.165) is 34.9 Å². The van der Waals surface area contributed by atoms with Gasteiger partial charge in [0.05, 0.1) is 7.11 Å². The van der Waals surface area contributed by atoms with Crippen molar-refractivity contribution in [3.05, 3.63) is 70.9 Å². The summed E-state index contributed by atoms with van der Waals surface area (Å²) in [6, 6.07) is 16.2. The van der Waals surface area contributed by atoms with E-state index in [1.807, 2.05) is 37.3 Å². The van der Waals surface area contributed by atoms with Gasteiger partial charge in [-0.15, -0.1) is 0 Å². The number of ether oxygens (including phenoxy) is 1. The van der Waals surface area contributed by atoms with E-state index in [1.165, 1.54) is 11.1 Å². The summed E-state index contributed by atoms with van der Waals surface area (Å²) in [6.07, 6.45) is 0.953. The van der Waals surface area contributed by atoms with E-state index < -0.39 is 0 Å². The number of aryl methyl sites for hydroxylation is 3. The molecule has 3 rings (SSSR count). The molecule has 0 radical (unpaired) electrons. The first-order chi connectivity index (χ1) is 13.1. The Hall–Kier alpha value is -3.08. The standard InChI is InChI=1S/C22H26N4O/c1-5-17-11-8-9-15(2)21(17)26-22-24-16(3)13-20(25-22)23-14-18-10-6-7-12-19(18)27-4/h6-13H,5,14H2,1-4H3,(H2,23,24,25,26). The molecule has 0 amide bonds. The summed E-state index contributed by atoms with van der Waals surface area (Å²) in [5, 5.41) is 6.78. The van der Waals surface area contributed by atoms with E-state index in [4.69, 9.17) is 4.74 Å². The summed E-state index contributed by atoms with van der Waals surface area (Å²) in [4.78, 5) is 9.19. The highest BCUT2D eigenvalue weighted by Crippen LogP contribution is 2.25. The summed E-state index contributed by atoms with van der Waals surface area (Å²) < 4.78 is 5.41. The Kier molecular flexibility index (Phi) is 5.91. The molecule has 2 N–H and O–H groups in total. The van der Waals surface area contributed by atoms with Crippen LogP contribution < -0.4 is 15.4 Å². The minimum Gasteiger partial charge on any atom is -0.496 e. The van der Waals surface area contributed by atoms with Crippen LogP contribution in [0.3, 0.4) is 0 Å². The van der Waals surface area contributed by atoms with Crippen LogP contribution in [0.25, 0.3) is 0 Å². The van der Waals surface area contributed by atoms with Crippen LogP contribution in [0.15, 0.2) is 48.5 Å². The minimum atomic E-state index is 0.599. The summed E-state index contributed by atoms with van der Waals surface area (Å²) in [5.74, 6) is 2.24. The highest BCUT2D eigenvalue weighted by atomic mass is 16.5. The topological polar surface area (TPSA) is 59.1 Å². The molecule has 140 valence electrons. The summed E-state index contributed by atoms with van der Waals surface area (Å²) >= 11 is 0. The largest absolute Gasteiger partial charge is 0.496 e. The molecule has 5 heteroatoms. The Morgan fingerprint density at radius 2 is 1.74 bits per heavy atom. The quantitative estimate of drug-likeness (QED) is 0.618. The molecule has 0 aliphatic carbocycles. The lowest BCUT2D eigenvalue weighted by atomic mass is 10.1. The van der Waals surface area contributed by atoms with Crippen molar-refractivity contribution in [3.63, 3.8) is 0 Å². The first-order valence-electron chi connectivity index (χ1n) is 9.17. The van der Waals surface area contributed by atoms with E-state index >= 15 is 0 Å². The highest BCUT2D eigenvalue weighted by molar-refractivity contribution is 5.64. The lowest BCUT2D eigenvalue weighted by molar-refractivity contribution is 0.410. The van der Waals surface area contributed by atoms with Crippen LogP contribution in [0.1, 0.15) is 29.3 Å². The zero-order valence-electron chi connectivity index (χ0n) is 16.3. The number of hydrogen-bond acceptors (Lipinski definition) is 5. The number of rotatable bonds is 7. The molecule has 27 heavy (non-hydrogen) atoms. The minimum absolute atomic E-state index is 0.599. The van der Waals surface area contributed by atoms with Gasteiger partial charge < -0.3 is 15.4 Å². The van der Waals surface area contributed by atoms with Crippen molar-refractivity contribution >= 4 is 17.5 Å². The number of nitrogens with one attached hydrogen (secondary N) is 2. The molecule has 0 saturated heterocycles. The fourth-order valence-electron chi connectivity index (χ4n) is 3.06. The second-order valence-corrected chi connectivity index (χ2v) is 6.47. The van der Waals surface area contributed by atoms with Crippen molar-refractivity contribution in [2.45, 2.75) is 33.7 Å². The number of methoxy groups -OCH3 is 1. The van der Waals surface area contributed by atoms with Crippen molar-refractivity contribution in [2.75, 3.05) is 17.7 Å². The average Bonchev–Trinajstić information content (AvgIpc) is 2.67.